The van der Waals surface area contributed by atoms with Gasteiger partial charge in [0.25, 0.3) is 5.91 Å². The minimum atomic E-state index is -0.206. The number of nitrogens with one attached hydrogen (secondary N) is 1. The summed E-state index contributed by atoms with van der Waals surface area (Å²) >= 11 is 0. The number of fused-ring (bicyclic) bond motifs is 2. The van der Waals surface area contributed by atoms with Crippen LogP contribution in [0.2, 0.25) is 0 Å². The van der Waals surface area contributed by atoms with E-state index >= 15 is 0 Å². The van der Waals surface area contributed by atoms with E-state index in [0.717, 1.165) is 11.2 Å². The first kappa shape index (κ1) is 14.6. The van der Waals surface area contributed by atoms with E-state index in [4.69, 9.17) is 9.47 Å². The number of rotatable bonds is 2. The smallest absolute Gasteiger partial charge is 0.274 e. The number of ether oxygens (including phenoxy) is 2. The van der Waals surface area contributed by atoms with E-state index in [9.17, 15) is 4.79 Å². The van der Waals surface area contributed by atoms with Crippen molar-refractivity contribution < 1.29 is 14.3 Å². The second-order valence-electron chi connectivity index (χ2n) is 5.79. The van der Waals surface area contributed by atoms with Crippen LogP contribution in [-0.4, -0.2) is 28.5 Å². The van der Waals surface area contributed by atoms with Crippen molar-refractivity contribution in [3.8, 4) is 11.5 Å². The van der Waals surface area contributed by atoms with Crippen LogP contribution >= 0.6 is 0 Å². The van der Waals surface area contributed by atoms with Crippen LogP contribution in [0.5, 0.6) is 11.5 Å². The molecule has 4 rings (SSSR count). The SMILES string of the molecule is Cc1ccc2nc(C)c(C(=O)Nc3ccc4c(c3)OCCO4)n2c1. The van der Waals surface area contributed by atoms with E-state index in [1.165, 1.54) is 0 Å². The second-order valence-corrected chi connectivity index (χ2v) is 5.79. The van der Waals surface area contributed by atoms with Crippen molar-refractivity contribution in [1.29, 1.82) is 0 Å². The van der Waals surface area contributed by atoms with E-state index in [1.807, 2.05) is 36.6 Å². The van der Waals surface area contributed by atoms with Gasteiger partial charge in [-0.1, -0.05) is 6.07 Å². The minimum Gasteiger partial charge on any atom is -0.486 e. The summed E-state index contributed by atoms with van der Waals surface area (Å²) in [7, 11) is 0. The normalized spacial score (nSPS) is 13.1. The molecule has 0 radical (unpaired) electrons. The van der Waals surface area contributed by atoms with Crippen LogP contribution in [0.3, 0.4) is 0 Å². The van der Waals surface area contributed by atoms with Gasteiger partial charge >= 0.3 is 0 Å². The molecule has 0 fully saturated rings. The molecule has 0 spiro atoms. The monoisotopic (exact) mass is 323 g/mol. The van der Waals surface area contributed by atoms with Crippen LogP contribution in [0.1, 0.15) is 21.7 Å². The molecule has 2 aromatic heterocycles. The molecule has 6 nitrogen and oxygen atoms in total. The molecule has 0 unspecified atom stereocenters. The summed E-state index contributed by atoms with van der Waals surface area (Å²) in [6, 6.07) is 9.26. The van der Waals surface area contributed by atoms with Crippen molar-refractivity contribution in [2.75, 3.05) is 18.5 Å². The number of aromatic nitrogens is 2. The molecule has 1 aliphatic rings. The molecule has 0 bridgehead atoms. The van der Waals surface area contributed by atoms with Crippen LogP contribution in [0, 0.1) is 13.8 Å². The third-order valence-corrected chi connectivity index (χ3v) is 3.96. The summed E-state index contributed by atoms with van der Waals surface area (Å²) in [4.78, 5) is 17.2. The molecule has 1 N–H and O–H groups in total. The zero-order valence-electron chi connectivity index (χ0n) is 13.5. The predicted octanol–water partition coefficient (Wildman–Crippen LogP) is 2.97. The highest BCUT2D eigenvalue weighted by Gasteiger charge is 2.18. The van der Waals surface area contributed by atoms with E-state index in [-0.39, 0.29) is 5.91 Å². The van der Waals surface area contributed by atoms with Gasteiger partial charge < -0.3 is 14.8 Å². The van der Waals surface area contributed by atoms with E-state index in [1.54, 1.807) is 18.2 Å². The molecule has 1 amide bonds. The number of anilines is 1. The first-order valence-corrected chi connectivity index (χ1v) is 7.78. The van der Waals surface area contributed by atoms with Crippen molar-refractivity contribution in [3.05, 3.63) is 53.5 Å². The number of hydrogen-bond donors (Lipinski definition) is 1. The molecule has 0 aliphatic carbocycles. The van der Waals surface area contributed by atoms with Gasteiger partial charge in [-0.05, 0) is 37.6 Å². The number of nitrogens with zero attached hydrogens (tertiary/aromatic N) is 2. The summed E-state index contributed by atoms with van der Waals surface area (Å²) in [5.74, 6) is 1.13. The molecule has 1 aliphatic heterocycles. The Bertz CT molecular complexity index is 946. The highest BCUT2D eigenvalue weighted by atomic mass is 16.6. The quantitative estimate of drug-likeness (QED) is 0.787. The number of carbonyl (C=O) groups excluding carboxylic acids is 1. The van der Waals surface area contributed by atoms with E-state index in [0.29, 0.717) is 41.8 Å². The molecule has 6 heteroatoms. The number of benzene rings is 1. The molecule has 1 aromatic carbocycles. The summed E-state index contributed by atoms with van der Waals surface area (Å²) < 4.78 is 12.9. The van der Waals surface area contributed by atoms with Gasteiger partial charge in [0.2, 0.25) is 0 Å². The zero-order chi connectivity index (χ0) is 16.7. The summed E-state index contributed by atoms with van der Waals surface area (Å²) in [6.45, 7) is 4.87. The zero-order valence-corrected chi connectivity index (χ0v) is 13.5. The molecule has 24 heavy (non-hydrogen) atoms. The third kappa shape index (κ3) is 2.46. The topological polar surface area (TPSA) is 64.9 Å². The van der Waals surface area contributed by atoms with E-state index in [2.05, 4.69) is 10.3 Å². The largest absolute Gasteiger partial charge is 0.486 e. The van der Waals surface area contributed by atoms with Gasteiger partial charge in [0.1, 0.15) is 24.6 Å². The van der Waals surface area contributed by atoms with Gasteiger partial charge in [0.05, 0.1) is 5.69 Å². The standard InChI is InChI=1S/C18H17N3O3/c1-11-3-6-16-19-12(2)17(21(16)10-11)18(22)20-13-4-5-14-15(9-13)24-8-7-23-14/h3-6,9-10H,7-8H2,1-2H3,(H,20,22). The van der Waals surface area contributed by atoms with Crippen LogP contribution in [0.15, 0.2) is 36.5 Å². The van der Waals surface area contributed by atoms with Crippen LogP contribution in [-0.2, 0) is 0 Å². The van der Waals surface area contributed by atoms with Gasteiger partial charge in [-0.15, -0.1) is 0 Å². The average molecular weight is 323 g/mol. The molecule has 0 saturated heterocycles. The Kier molecular flexibility index (Phi) is 3.37. The first-order valence-electron chi connectivity index (χ1n) is 7.78. The van der Waals surface area contributed by atoms with Crippen molar-refractivity contribution in [1.82, 2.24) is 9.38 Å². The highest BCUT2D eigenvalue weighted by Crippen LogP contribution is 2.32. The second kappa shape index (κ2) is 5.56. The fourth-order valence-electron chi connectivity index (χ4n) is 2.85. The summed E-state index contributed by atoms with van der Waals surface area (Å²) in [5.41, 5.74) is 3.70. The van der Waals surface area contributed by atoms with Crippen molar-refractivity contribution in [2.45, 2.75) is 13.8 Å². The van der Waals surface area contributed by atoms with Crippen molar-refractivity contribution in [2.24, 2.45) is 0 Å². The Balaban J connectivity index is 1.67. The predicted molar refractivity (Wildman–Crippen MR) is 90.1 cm³/mol. The van der Waals surface area contributed by atoms with Gasteiger partial charge in [-0.25, -0.2) is 4.98 Å². The van der Waals surface area contributed by atoms with Crippen molar-refractivity contribution in [3.63, 3.8) is 0 Å². The lowest BCUT2D eigenvalue weighted by atomic mass is 10.2. The molecule has 122 valence electrons. The third-order valence-electron chi connectivity index (χ3n) is 3.96. The van der Waals surface area contributed by atoms with Crippen LogP contribution in [0.4, 0.5) is 5.69 Å². The Morgan fingerprint density at radius 3 is 2.75 bits per heavy atom. The molecule has 3 heterocycles. The number of amides is 1. The maximum Gasteiger partial charge on any atom is 0.274 e. The fourth-order valence-corrected chi connectivity index (χ4v) is 2.85. The highest BCUT2D eigenvalue weighted by molar-refractivity contribution is 6.04. The van der Waals surface area contributed by atoms with Crippen LogP contribution in [0.25, 0.3) is 5.65 Å². The first-order chi connectivity index (χ1) is 11.6. The number of pyridine rings is 1. The molecule has 3 aromatic rings. The summed E-state index contributed by atoms with van der Waals surface area (Å²) in [5, 5.41) is 2.91. The molecular formula is C18H17N3O3. The maximum absolute atomic E-state index is 12.7. The minimum absolute atomic E-state index is 0.206. The van der Waals surface area contributed by atoms with Gasteiger partial charge in [-0.2, -0.15) is 0 Å². The van der Waals surface area contributed by atoms with E-state index < -0.39 is 0 Å². The molecule has 0 saturated carbocycles. The van der Waals surface area contributed by atoms with Gasteiger partial charge in [0.15, 0.2) is 11.5 Å². The Labute approximate surface area is 139 Å². The van der Waals surface area contributed by atoms with Gasteiger partial charge in [-0.3, -0.25) is 9.20 Å². The van der Waals surface area contributed by atoms with Crippen LogP contribution < -0.4 is 14.8 Å². The number of imidazole rings is 1. The fraction of sp³-hybridized carbons (Fsp3) is 0.222. The lowest BCUT2D eigenvalue weighted by Gasteiger charge is -2.19. The van der Waals surface area contributed by atoms with Gasteiger partial charge in [0, 0.05) is 18.0 Å². The lowest BCUT2D eigenvalue weighted by Crippen LogP contribution is -2.17. The summed E-state index contributed by atoms with van der Waals surface area (Å²) in [6.07, 6.45) is 1.91. The Morgan fingerprint density at radius 2 is 1.92 bits per heavy atom. The Morgan fingerprint density at radius 1 is 1.12 bits per heavy atom. The molecule has 0 atom stereocenters. The number of hydrogen-bond acceptors (Lipinski definition) is 4. The Hall–Kier alpha value is -3.02. The average Bonchev–Trinajstić information content (AvgIpc) is 2.90. The number of carbonyl (C=O) groups is 1. The lowest BCUT2D eigenvalue weighted by molar-refractivity contribution is 0.102. The number of aryl methyl sites for hydroxylation is 2. The molecular weight excluding hydrogens is 306 g/mol. The maximum atomic E-state index is 12.7. The van der Waals surface area contributed by atoms with Crippen molar-refractivity contribution >= 4 is 17.2 Å².